The zero-order valence-electron chi connectivity index (χ0n) is 24.6. The minimum absolute atomic E-state index is 0.0783. The predicted molar refractivity (Wildman–Crippen MR) is 156 cm³/mol. The van der Waals surface area contributed by atoms with Gasteiger partial charge in [-0.2, -0.15) is 0 Å². The fourth-order valence-corrected chi connectivity index (χ4v) is 5.54. The molecule has 1 aliphatic heterocycles. The second kappa shape index (κ2) is 17.2. The number of thioether (sulfide) groups is 1. The molecule has 252 valence electrons. The van der Waals surface area contributed by atoms with Gasteiger partial charge in [0.2, 0.25) is 29.5 Å². The molecule has 10 N–H and O–H groups in total. The summed E-state index contributed by atoms with van der Waals surface area (Å²) in [5, 5.41) is 31.2. The van der Waals surface area contributed by atoms with Gasteiger partial charge in [-0.3, -0.25) is 28.5 Å². The van der Waals surface area contributed by atoms with Crippen LogP contribution in [0.1, 0.15) is 32.9 Å². The molecule has 0 aromatic carbocycles. The molecule has 0 spiro atoms. The first-order valence-electron chi connectivity index (χ1n) is 13.6. The number of nitrogens with one attached hydrogen (secondary N) is 6. The summed E-state index contributed by atoms with van der Waals surface area (Å²) < 4.78 is 16.0. The Morgan fingerprint density at radius 1 is 0.978 bits per heavy atom. The molecule has 0 saturated carbocycles. The number of aliphatic carboxylic acids is 1. The number of phosphoric acid groups is 1. The van der Waals surface area contributed by atoms with Crippen LogP contribution in [0.5, 0.6) is 0 Å². The zero-order chi connectivity index (χ0) is 33.9. The van der Waals surface area contributed by atoms with E-state index in [-0.39, 0.29) is 30.3 Å². The maximum Gasteiger partial charge on any atom is 0.469 e. The number of phosphoric ester groups is 1. The number of rotatable bonds is 9. The third-order valence-corrected chi connectivity index (χ3v) is 7.91. The number of aromatic amines is 1. The lowest BCUT2D eigenvalue weighted by Crippen LogP contribution is -2.62. The van der Waals surface area contributed by atoms with Crippen molar-refractivity contribution in [3.05, 3.63) is 18.2 Å². The van der Waals surface area contributed by atoms with Crippen LogP contribution in [0, 0.1) is 5.92 Å². The van der Waals surface area contributed by atoms with Crippen molar-refractivity contribution in [2.75, 3.05) is 18.1 Å². The van der Waals surface area contributed by atoms with Crippen molar-refractivity contribution in [2.45, 2.75) is 69.9 Å². The highest BCUT2D eigenvalue weighted by Gasteiger charge is 2.37. The van der Waals surface area contributed by atoms with E-state index in [0.717, 1.165) is 18.7 Å². The van der Waals surface area contributed by atoms with Crippen LogP contribution < -0.4 is 26.6 Å². The van der Waals surface area contributed by atoms with Gasteiger partial charge in [-0.05, 0) is 19.3 Å². The predicted octanol–water partition coefficient (Wildman–Crippen LogP) is -3.26. The van der Waals surface area contributed by atoms with Gasteiger partial charge in [0.15, 0.2) is 0 Å². The van der Waals surface area contributed by atoms with E-state index in [4.69, 9.17) is 0 Å². The van der Waals surface area contributed by atoms with Gasteiger partial charge in [0.1, 0.15) is 30.2 Å². The van der Waals surface area contributed by atoms with Crippen LogP contribution in [0.2, 0.25) is 0 Å². The normalized spacial score (nSPS) is 25.6. The summed E-state index contributed by atoms with van der Waals surface area (Å²) in [7, 11) is -5.22. The van der Waals surface area contributed by atoms with Crippen LogP contribution in [-0.2, 0) is 44.3 Å². The minimum Gasteiger partial charge on any atom is -0.480 e. The highest BCUT2D eigenvalue weighted by molar-refractivity contribution is 8.00. The molecule has 2 heterocycles. The highest BCUT2D eigenvalue weighted by atomic mass is 32.2. The zero-order valence-corrected chi connectivity index (χ0v) is 26.3. The van der Waals surface area contributed by atoms with Gasteiger partial charge < -0.3 is 51.6 Å². The summed E-state index contributed by atoms with van der Waals surface area (Å²) in [4.78, 5) is 103. The van der Waals surface area contributed by atoms with Gasteiger partial charge in [-0.25, -0.2) is 14.3 Å². The largest absolute Gasteiger partial charge is 0.480 e. The first-order chi connectivity index (χ1) is 21.0. The number of carbonyl (C=O) groups is 6. The van der Waals surface area contributed by atoms with Crippen LogP contribution in [-0.4, -0.2) is 120 Å². The monoisotopic (exact) mass is 679 g/mol. The summed E-state index contributed by atoms with van der Waals surface area (Å²) in [5.74, 6) is -7.04. The van der Waals surface area contributed by atoms with E-state index in [1.807, 2.05) is 0 Å². The van der Waals surface area contributed by atoms with Crippen molar-refractivity contribution in [1.82, 2.24) is 36.6 Å². The quantitative estimate of drug-likeness (QED) is 0.115. The molecular weight excluding hydrogens is 641 g/mol. The van der Waals surface area contributed by atoms with Crippen LogP contribution in [0.4, 0.5) is 0 Å². The van der Waals surface area contributed by atoms with Crippen LogP contribution in [0.15, 0.2) is 12.5 Å². The number of carbonyl (C=O) groups excluding carboxylic acids is 5. The van der Waals surface area contributed by atoms with Gasteiger partial charge >= 0.3 is 13.8 Å². The summed E-state index contributed by atoms with van der Waals surface area (Å²) >= 11 is 0.802. The molecule has 1 aromatic rings. The number of hydrogen-bond donors (Lipinski definition) is 10. The van der Waals surface area contributed by atoms with E-state index < -0.39 is 86.2 Å². The third kappa shape index (κ3) is 12.8. The Bertz CT molecular complexity index is 1260. The van der Waals surface area contributed by atoms with E-state index in [1.54, 1.807) is 13.8 Å². The Labute approximate surface area is 261 Å². The Hall–Kier alpha value is -3.55. The molecule has 0 radical (unpaired) electrons. The standard InChI is InChI=1S/C24H38N7O12PS/c1-11(2)4-14-20(34)28-15(5-13-6-25-10-26-13)21(35)29-16(7-32)22(36)31-19(12(3)43-44(40,41)42)23(37)30-17(24(38)39)8-45-9-18(33)27-14/h6,10-12,14-17,19,32H,4-5,7-9H2,1-3H3,(H,25,26)(H,27,33)(H,28,34)(H,29,35)(H,30,37)(H,31,36)(H,38,39)(H2,40,41,42)/t12-,14+,15+,16+,17+,19+/m1/s1. The minimum atomic E-state index is -5.22. The maximum absolute atomic E-state index is 13.4. The number of H-pyrrole nitrogens is 1. The average Bonchev–Trinajstić information content (AvgIpc) is 3.44. The molecule has 6 atom stereocenters. The van der Waals surface area contributed by atoms with E-state index >= 15 is 0 Å². The molecule has 45 heavy (non-hydrogen) atoms. The van der Waals surface area contributed by atoms with Crippen LogP contribution >= 0.6 is 19.6 Å². The van der Waals surface area contributed by atoms with E-state index in [2.05, 4.69) is 41.1 Å². The van der Waals surface area contributed by atoms with Crippen molar-refractivity contribution in [3.63, 3.8) is 0 Å². The van der Waals surface area contributed by atoms with E-state index in [1.165, 1.54) is 12.5 Å². The van der Waals surface area contributed by atoms with Crippen LogP contribution in [0.3, 0.4) is 0 Å². The molecule has 0 aliphatic carbocycles. The molecule has 21 heteroatoms. The summed E-state index contributed by atoms with van der Waals surface area (Å²) in [6.45, 7) is 3.60. The smallest absolute Gasteiger partial charge is 0.469 e. The number of hydrogen-bond acceptors (Lipinski definition) is 11. The lowest BCUT2D eigenvalue weighted by molar-refractivity contribution is -0.142. The molecule has 1 aromatic heterocycles. The van der Waals surface area contributed by atoms with Gasteiger partial charge in [0, 0.05) is 24.1 Å². The second-order valence-corrected chi connectivity index (χ2v) is 12.8. The number of carboxylic acid groups (broad SMARTS) is 1. The molecule has 1 aliphatic rings. The molecule has 5 amide bonds. The maximum atomic E-state index is 13.4. The molecular formula is C24H38N7O12PS. The summed E-state index contributed by atoms with van der Waals surface area (Å²) in [6, 6.07) is -7.78. The number of amides is 5. The van der Waals surface area contributed by atoms with Gasteiger partial charge in [-0.1, -0.05) is 13.8 Å². The fraction of sp³-hybridized carbons (Fsp3) is 0.625. The Morgan fingerprint density at radius 2 is 1.60 bits per heavy atom. The first-order valence-corrected chi connectivity index (χ1v) is 16.3. The molecule has 1 fully saturated rings. The van der Waals surface area contributed by atoms with Gasteiger partial charge in [-0.15, -0.1) is 11.8 Å². The molecule has 2 rings (SSSR count). The average molecular weight is 680 g/mol. The van der Waals surface area contributed by atoms with E-state index in [9.17, 15) is 53.3 Å². The first kappa shape index (κ1) is 37.6. The van der Waals surface area contributed by atoms with Crippen molar-refractivity contribution in [1.29, 1.82) is 0 Å². The third-order valence-electron chi connectivity index (χ3n) is 6.27. The van der Waals surface area contributed by atoms with Crippen LogP contribution in [0.25, 0.3) is 0 Å². The van der Waals surface area contributed by atoms with Crippen molar-refractivity contribution < 1.29 is 57.9 Å². The van der Waals surface area contributed by atoms with Gasteiger partial charge in [0.25, 0.3) is 0 Å². The number of aliphatic hydroxyl groups excluding tert-OH is 1. The molecule has 1 saturated heterocycles. The van der Waals surface area contributed by atoms with Crippen molar-refractivity contribution in [3.8, 4) is 0 Å². The molecule has 19 nitrogen and oxygen atoms in total. The van der Waals surface area contributed by atoms with Crippen molar-refractivity contribution >= 4 is 55.1 Å². The number of nitrogens with zero attached hydrogens (tertiary/aromatic N) is 1. The molecule has 0 unspecified atom stereocenters. The van der Waals surface area contributed by atoms with Crippen molar-refractivity contribution in [2.24, 2.45) is 5.92 Å². The lowest BCUT2D eigenvalue weighted by atomic mass is 10.0. The highest BCUT2D eigenvalue weighted by Crippen LogP contribution is 2.38. The number of aromatic nitrogens is 2. The topological polar surface area (TPSA) is 298 Å². The number of aliphatic hydroxyl groups is 1. The summed E-state index contributed by atoms with van der Waals surface area (Å²) in [6.07, 6.45) is 1.01. The van der Waals surface area contributed by atoms with E-state index in [0.29, 0.717) is 5.69 Å². The SMILES string of the molecule is CC(C)C[C@@H]1NC(=O)CSC[C@@H](C(=O)O)NC(=O)[C@H]([C@@H](C)OP(=O)(O)O)NC(=O)[C@H](CO)NC(=O)[C@H](Cc2cnc[nH]2)NC1=O. The number of carboxylic acids is 1. The Morgan fingerprint density at radius 3 is 2.16 bits per heavy atom. The Balaban J connectivity index is 2.49. The fourth-order valence-electron chi connectivity index (χ4n) is 4.14. The molecule has 0 bridgehead atoms. The van der Waals surface area contributed by atoms with Gasteiger partial charge in [0.05, 0.1) is 24.8 Å². The second-order valence-electron chi connectivity index (χ2n) is 10.5. The summed E-state index contributed by atoms with van der Waals surface area (Å²) in [5.41, 5.74) is 0.413. The number of imidazole rings is 1. The lowest BCUT2D eigenvalue weighted by Gasteiger charge is -2.29. The Kier molecular flexibility index (Phi) is 14.4.